The van der Waals surface area contributed by atoms with Crippen molar-refractivity contribution in [2.24, 2.45) is 0 Å². The van der Waals surface area contributed by atoms with Gasteiger partial charge in [0, 0.05) is 5.56 Å². The molecule has 0 spiro atoms. The topological polar surface area (TPSA) is 21.3 Å². The lowest BCUT2D eigenvalue weighted by Crippen LogP contribution is -2.16. The Hall–Kier alpha value is -1.80. The lowest BCUT2D eigenvalue weighted by atomic mass is 10.1. The normalized spacial score (nSPS) is 10.5. The molecule has 0 aliphatic carbocycles. The average molecular weight is 283 g/mol. The van der Waals surface area contributed by atoms with Gasteiger partial charge in [-0.05, 0) is 44.0 Å². The van der Waals surface area contributed by atoms with Crippen LogP contribution in [-0.2, 0) is 0 Å². The molecule has 2 aromatic rings. The number of para-hydroxylation sites is 1. The van der Waals surface area contributed by atoms with Gasteiger partial charge < -0.3 is 10.1 Å². The fourth-order valence-electron chi connectivity index (χ4n) is 2.28. The summed E-state index contributed by atoms with van der Waals surface area (Å²) in [5.74, 6) is 0.977. The van der Waals surface area contributed by atoms with Crippen molar-refractivity contribution in [1.82, 2.24) is 5.32 Å². The van der Waals surface area contributed by atoms with Gasteiger partial charge in [0.1, 0.15) is 5.75 Å². The van der Waals surface area contributed by atoms with Crippen LogP contribution in [0.3, 0.4) is 0 Å². The highest BCUT2D eigenvalue weighted by Crippen LogP contribution is 2.29. The van der Waals surface area contributed by atoms with Crippen LogP contribution in [0.1, 0.15) is 26.2 Å². The molecule has 0 saturated heterocycles. The highest BCUT2D eigenvalue weighted by Gasteiger charge is 2.04. The van der Waals surface area contributed by atoms with Gasteiger partial charge in [-0.25, -0.2) is 0 Å². The fraction of sp³-hybridized carbons (Fsp3) is 0.368. The molecular weight excluding hydrogens is 258 g/mol. The van der Waals surface area contributed by atoms with Crippen LogP contribution in [0.15, 0.2) is 54.6 Å². The van der Waals surface area contributed by atoms with Crippen LogP contribution in [-0.4, -0.2) is 19.7 Å². The predicted octanol–water partition coefficient (Wildman–Crippen LogP) is 4.51. The number of ether oxygens (including phenoxy) is 1. The Kier molecular flexibility index (Phi) is 6.82. The van der Waals surface area contributed by atoms with Crippen LogP contribution in [0.5, 0.6) is 5.75 Å². The summed E-state index contributed by atoms with van der Waals surface area (Å²) < 4.78 is 5.97. The first-order chi connectivity index (χ1) is 10.4. The van der Waals surface area contributed by atoms with E-state index in [1.54, 1.807) is 0 Å². The molecule has 1 N–H and O–H groups in total. The van der Waals surface area contributed by atoms with Crippen molar-refractivity contribution in [3.05, 3.63) is 54.6 Å². The third kappa shape index (κ3) is 5.24. The minimum atomic E-state index is 0.775. The summed E-state index contributed by atoms with van der Waals surface area (Å²) in [5.41, 5.74) is 2.37. The summed E-state index contributed by atoms with van der Waals surface area (Å²) in [6.45, 7) is 5.16. The molecule has 0 aliphatic rings. The lowest BCUT2D eigenvalue weighted by molar-refractivity contribution is 0.307. The number of benzene rings is 2. The number of unbranched alkanes of at least 4 members (excludes halogenated alkanes) is 1. The molecule has 0 atom stereocenters. The van der Waals surface area contributed by atoms with Gasteiger partial charge in [0.05, 0.1) is 6.61 Å². The fourth-order valence-corrected chi connectivity index (χ4v) is 2.28. The Labute approximate surface area is 128 Å². The summed E-state index contributed by atoms with van der Waals surface area (Å²) in [6, 6.07) is 18.7. The van der Waals surface area contributed by atoms with E-state index in [4.69, 9.17) is 4.74 Å². The van der Waals surface area contributed by atoms with Crippen molar-refractivity contribution >= 4 is 0 Å². The quantitative estimate of drug-likeness (QED) is 0.684. The SMILES string of the molecule is CCCNCCCCOc1ccccc1-c1ccccc1. The van der Waals surface area contributed by atoms with Crippen LogP contribution in [0.2, 0.25) is 0 Å². The Balaban J connectivity index is 1.84. The molecule has 2 aromatic carbocycles. The van der Waals surface area contributed by atoms with Crippen molar-refractivity contribution in [2.45, 2.75) is 26.2 Å². The van der Waals surface area contributed by atoms with Crippen LogP contribution in [0, 0.1) is 0 Å². The molecule has 21 heavy (non-hydrogen) atoms. The van der Waals surface area contributed by atoms with E-state index in [-0.39, 0.29) is 0 Å². The Bertz CT molecular complexity index is 510. The molecule has 2 nitrogen and oxygen atoms in total. The van der Waals surface area contributed by atoms with Crippen LogP contribution >= 0.6 is 0 Å². The molecule has 0 unspecified atom stereocenters. The van der Waals surface area contributed by atoms with E-state index >= 15 is 0 Å². The average Bonchev–Trinajstić information content (AvgIpc) is 2.55. The summed E-state index contributed by atoms with van der Waals surface area (Å²) in [6.07, 6.45) is 3.44. The number of rotatable bonds is 9. The van der Waals surface area contributed by atoms with Crippen molar-refractivity contribution in [3.63, 3.8) is 0 Å². The van der Waals surface area contributed by atoms with E-state index in [0.717, 1.165) is 38.3 Å². The standard InChI is InChI=1S/C19H25NO/c1-2-14-20-15-8-9-16-21-19-13-7-6-12-18(19)17-10-4-3-5-11-17/h3-7,10-13,20H,2,8-9,14-16H2,1H3. The highest BCUT2D eigenvalue weighted by atomic mass is 16.5. The predicted molar refractivity (Wildman–Crippen MR) is 89.8 cm³/mol. The molecule has 2 heteroatoms. The molecule has 0 amide bonds. The molecule has 0 fully saturated rings. The summed E-state index contributed by atoms with van der Waals surface area (Å²) in [4.78, 5) is 0. The molecule has 0 heterocycles. The number of hydrogen-bond acceptors (Lipinski definition) is 2. The van der Waals surface area contributed by atoms with Crippen molar-refractivity contribution in [3.8, 4) is 16.9 Å². The van der Waals surface area contributed by atoms with Gasteiger partial charge in [0.15, 0.2) is 0 Å². The van der Waals surface area contributed by atoms with E-state index < -0.39 is 0 Å². The first-order valence-corrected chi connectivity index (χ1v) is 7.90. The van der Waals surface area contributed by atoms with E-state index in [1.807, 2.05) is 12.1 Å². The monoisotopic (exact) mass is 283 g/mol. The second kappa shape index (κ2) is 9.19. The molecule has 0 saturated carbocycles. The molecule has 112 valence electrons. The van der Waals surface area contributed by atoms with Crippen molar-refractivity contribution < 1.29 is 4.74 Å². The zero-order valence-corrected chi connectivity index (χ0v) is 12.8. The molecule has 2 rings (SSSR count). The third-order valence-electron chi connectivity index (χ3n) is 3.40. The smallest absolute Gasteiger partial charge is 0.127 e. The second-order valence-corrected chi connectivity index (χ2v) is 5.17. The van der Waals surface area contributed by atoms with E-state index in [2.05, 4.69) is 54.7 Å². The zero-order valence-electron chi connectivity index (χ0n) is 12.8. The van der Waals surface area contributed by atoms with Gasteiger partial charge in [-0.2, -0.15) is 0 Å². The maximum atomic E-state index is 5.97. The van der Waals surface area contributed by atoms with Gasteiger partial charge in [-0.15, -0.1) is 0 Å². The van der Waals surface area contributed by atoms with Gasteiger partial charge in [0.25, 0.3) is 0 Å². The highest BCUT2D eigenvalue weighted by molar-refractivity contribution is 5.70. The molecule has 0 aromatic heterocycles. The second-order valence-electron chi connectivity index (χ2n) is 5.17. The first kappa shape index (κ1) is 15.6. The van der Waals surface area contributed by atoms with Gasteiger partial charge in [-0.3, -0.25) is 0 Å². The molecule has 0 bridgehead atoms. The van der Waals surface area contributed by atoms with Crippen LogP contribution < -0.4 is 10.1 Å². The zero-order chi connectivity index (χ0) is 14.8. The van der Waals surface area contributed by atoms with Crippen molar-refractivity contribution in [1.29, 1.82) is 0 Å². The molecule has 0 aliphatic heterocycles. The maximum absolute atomic E-state index is 5.97. The van der Waals surface area contributed by atoms with Gasteiger partial charge in [-0.1, -0.05) is 55.5 Å². The van der Waals surface area contributed by atoms with Gasteiger partial charge in [0.2, 0.25) is 0 Å². The summed E-state index contributed by atoms with van der Waals surface area (Å²) >= 11 is 0. The molecule has 0 radical (unpaired) electrons. The molecular formula is C19H25NO. The minimum absolute atomic E-state index is 0.775. The van der Waals surface area contributed by atoms with E-state index in [9.17, 15) is 0 Å². The maximum Gasteiger partial charge on any atom is 0.127 e. The number of nitrogens with one attached hydrogen (secondary N) is 1. The lowest BCUT2D eigenvalue weighted by Gasteiger charge is -2.11. The van der Waals surface area contributed by atoms with E-state index in [1.165, 1.54) is 17.5 Å². The minimum Gasteiger partial charge on any atom is -0.493 e. The summed E-state index contributed by atoms with van der Waals surface area (Å²) in [7, 11) is 0. The Morgan fingerprint density at radius 3 is 2.43 bits per heavy atom. The summed E-state index contributed by atoms with van der Waals surface area (Å²) in [5, 5.41) is 3.42. The third-order valence-corrected chi connectivity index (χ3v) is 3.40. The first-order valence-electron chi connectivity index (χ1n) is 7.90. The Morgan fingerprint density at radius 2 is 1.62 bits per heavy atom. The number of hydrogen-bond donors (Lipinski definition) is 1. The van der Waals surface area contributed by atoms with Gasteiger partial charge >= 0.3 is 0 Å². The Morgan fingerprint density at radius 1 is 0.857 bits per heavy atom. The largest absolute Gasteiger partial charge is 0.493 e. The van der Waals surface area contributed by atoms with Crippen LogP contribution in [0.25, 0.3) is 11.1 Å². The van der Waals surface area contributed by atoms with Crippen LogP contribution in [0.4, 0.5) is 0 Å². The van der Waals surface area contributed by atoms with Crippen molar-refractivity contribution in [2.75, 3.05) is 19.7 Å². The van der Waals surface area contributed by atoms with E-state index in [0.29, 0.717) is 0 Å².